The van der Waals surface area contributed by atoms with Crippen LogP contribution in [0.2, 0.25) is 5.02 Å². The van der Waals surface area contributed by atoms with Crippen LogP contribution in [-0.4, -0.2) is 15.2 Å². The fourth-order valence-electron chi connectivity index (χ4n) is 2.09. The molecule has 0 fully saturated rings. The highest BCUT2D eigenvalue weighted by molar-refractivity contribution is 7.26. The minimum absolute atomic E-state index is 0.452. The van der Waals surface area contributed by atoms with Crippen molar-refractivity contribution in [1.82, 2.24) is 15.2 Å². The Bertz CT molecular complexity index is 981. The van der Waals surface area contributed by atoms with Crippen molar-refractivity contribution in [1.29, 1.82) is 0 Å². The van der Waals surface area contributed by atoms with Crippen LogP contribution in [0.5, 0.6) is 11.5 Å². The van der Waals surface area contributed by atoms with Crippen LogP contribution in [0.4, 0.5) is 5.13 Å². The number of ether oxygens (including phenoxy) is 1. The van der Waals surface area contributed by atoms with Gasteiger partial charge in [0.05, 0.1) is 15.8 Å². The van der Waals surface area contributed by atoms with Gasteiger partial charge in [0.1, 0.15) is 5.75 Å². The summed E-state index contributed by atoms with van der Waals surface area (Å²) < 4.78 is 6.94. The van der Waals surface area contributed by atoms with Crippen molar-refractivity contribution in [2.24, 2.45) is 0 Å². The Labute approximate surface area is 144 Å². The van der Waals surface area contributed by atoms with Gasteiger partial charge in [-0.1, -0.05) is 22.9 Å². The summed E-state index contributed by atoms with van der Waals surface area (Å²) in [6.07, 6.45) is 3.50. The number of rotatable bonds is 3. The molecule has 3 aromatic heterocycles. The summed E-state index contributed by atoms with van der Waals surface area (Å²) in [6, 6.07) is 9.23. The number of thiophene rings is 1. The summed E-state index contributed by atoms with van der Waals surface area (Å²) in [6.45, 7) is 0. The van der Waals surface area contributed by atoms with Gasteiger partial charge in [-0.25, -0.2) is 0 Å². The molecule has 0 unspecified atom stereocenters. The molecule has 23 heavy (non-hydrogen) atoms. The Balaban J connectivity index is 1.75. The lowest BCUT2D eigenvalue weighted by Crippen LogP contribution is -1.85. The van der Waals surface area contributed by atoms with Crippen LogP contribution in [0.3, 0.4) is 0 Å². The first-order chi connectivity index (χ1) is 11.2. The van der Waals surface area contributed by atoms with Crippen molar-refractivity contribution in [2.75, 3.05) is 5.73 Å². The highest BCUT2D eigenvalue weighted by Crippen LogP contribution is 2.39. The van der Waals surface area contributed by atoms with E-state index in [4.69, 9.17) is 22.1 Å². The topological polar surface area (TPSA) is 73.9 Å². The number of aromatic nitrogens is 3. The molecule has 114 valence electrons. The molecular formula is C15H9ClN4OS2. The van der Waals surface area contributed by atoms with Crippen LogP contribution in [0, 0.1) is 0 Å². The molecule has 4 rings (SSSR count). The molecule has 0 radical (unpaired) electrons. The van der Waals surface area contributed by atoms with E-state index in [1.54, 1.807) is 29.7 Å². The van der Waals surface area contributed by atoms with Gasteiger partial charge in [0.2, 0.25) is 5.13 Å². The number of halogens is 1. The van der Waals surface area contributed by atoms with E-state index in [1.165, 1.54) is 11.3 Å². The molecule has 3 heterocycles. The summed E-state index contributed by atoms with van der Waals surface area (Å²) >= 11 is 8.83. The smallest absolute Gasteiger partial charge is 0.203 e. The number of fused-ring (bicyclic) bond motifs is 1. The fraction of sp³-hybridized carbons (Fsp3) is 0. The van der Waals surface area contributed by atoms with E-state index in [1.807, 2.05) is 24.4 Å². The summed E-state index contributed by atoms with van der Waals surface area (Å²) in [5.41, 5.74) is 5.66. The molecule has 0 bridgehead atoms. The fourth-order valence-corrected chi connectivity index (χ4v) is 3.91. The van der Waals surface area contributed by atoms with Gasteiger partial charge in [-0.3, -0.25) is 4.98 Å². The van der Waals surface area contributed by atoms with Crippen LogP contribution in [0.25, 0.3) is 20.0 Å². The number of hydrogen-bond donors (Lipinski definition) is 1. The third kappa shape index (κ3) is 2.86. The number of anilines is 1. The third-order valence-electron chi connectivity index (χ3n) is 3.10. The predicted octanol–water partition coefficient (Wildman–Crippen LogP) is 4.84. The largest absolute Gasteiger partial charge is 0.455 e. The number of nitrogen functional groups attached to an aromatic ring is 1. The van der Waals surface area contributed by atoms with Crippen molar-refractivity contribution < 1.29 is 4.74 Å². The molecule has 0 aliphatic carbocycles. The molecule has 0 saturated heterocycles. The summed E-state index contributed by atoms with van der Waals surface area (Å²) in [7, 11) is 0. The van der Waals surface area contributed by atoms with Gasteiger partial charge in [-0.2, -0.15) is 0 Å². The first-order valence-electron chi connectivity index (χ1n) is 6.59. The van der Waals surface area contributed by atoms with Gasteiger partial charge in [-0.15, -0.1) is 21.5 Å². The number of benzene rings is 1. The van der Waals surface area contributed by atoms with Gasteiger partial charge in [0.15, 0.2) is 10.8 Å². The van der Waals surface area contributed by atoms with Crippen LogP contribution in [0.1, 0.15) is 0 Å². The SMILES string of the molecule is Nc1nnc(-c2cc3c(Oc4ccc(Cl)cc4)cncc3s2)s1. The second kappa shape index (κ2) is 5.77. The van der Waals surface area contributed by atoms with E-state index in [0.717, 1.165) is 20.0 Å². The van der Waals surface area contributed by atoms with Crippen molar-refractivity contribution in [2.45, 2.75) is 0 Å². The zero-order valence-electron chi connectivity index (χ0n) is 11.6. The van der Waals surface area contributed by atoms with Crippen molar-refractivity contribution >= 4 is 49.5 Å². The molecule has 2 N–H and O–H groups in total. The van der Waals surface area contributed by atoms with Gasteiger partial charge in [0.25, 0.3) is 0 Å². The molecule has 0 amide bonds. The van der Waals surface area contributed by atoms with E-state index in [9.17, 15) is 0 Å². The normalized spacial score (nSPS) is 11.0. The number of hydrogen-bond acceptors (Lipinski definition) is 7. The maximum absolute atomic E-state index is 5.93. The zero-order valence-corrected chi connectivity index (χ0v) is 14.0. The molecule has 0 atom stereocenters. The summed E-state index contributed by atoms with van der Waals surface area (Å²) in [4.78, 5) is 5.23. The molecule has 8 heteroatoms. The number of pyridine rings is 1. The standard InChI is InChI=1S/C15H9ClN4OS2/c16-8-1-3-9(4-2-8)21-11-6-18-7-13-10(11)5-12(22-13)14-19-20-15(17)23-14/h1-7H,(H2,17,20). The Hall–Kier alpha value is -2.22. The summed E-state index contributed by atoms with van der Waals surface area (Å²) in [5, 5.41) is 10.8. The van der Waals surface area contributed by atoms with E-state index >= 15 is 0 Å². The van der Waals surface area contributed by atoms with E-state index in [2.05, 4.69) is 15.2 Å². The summed E-state index contributed by atoms with van der Waals surface area (Å²) in [5.74, 6) is 1.39. The lowest BCUT2D eigenvalue weighted by molar-refractivity contribution is 0.486. The van der Waals surface area contributed by atoms with Gasteiger partial charge in [-0.05, 0) is 30.3 Å². The third-order valence-corrected chi connectivity index (χ3v) is 5.35. The Morgan fingerprint density at radius 2 is 1.87 bits per heavy atom. The first kappa shape index (κ1) is 14.4. The van der Waals surface area contributed by atoms with E-state index in [0.29, 0.717) is 21.7 Å². The van der Waals surface area contributed by atoms with Gasteiger partial charge >= 0.3 is 0 Å². The van der Waals surface area contributed by atoms with Crippen molar-refractivity contribution in [3.63, 3.8) is 0 Å². The average molecular weight is 361 g/mol. The lowest BCUT2D eigenvalue weighted by Gasteiger charge is -2.06. The molecule has 0 saturated carbocycles. The Kier molecular flexibility index (Phi) is 3.60. The van der Waals surface area contributed by atoms with Crippen LogP contribution >= 0.6 is 34.3 Å². The molecule has 0 aliphatic rings. The van der Waals surface area contributed by atoms with Crippen LogP contribution in [0.15, 0.2) is 42.7 Å². The molecule has 0 spiro atoms. The van der Waals surface area contributed by atoms with Crippen LogP contribution in [-0.2, 0) is 0 Å². The monoisotopic (exact) mass is 360 g/mol. The average Bonchev–Trinajstić information content (AvgIpc) is 3.16. The highest BCUT2D eigenvalue weighted by atomic mass is 35.5. The molecule has 5 nitrogen and oxygen atoms in total. The lowest BCUT2D eigenvalue weighted by atomic mass is 10.3. The predicted molar refractivity (Wildman–Crippen MR) is 94.5 cm³/mol. The Morgan fingerprint density at radius 3 is 2.61 bits per heavy atom. The molecule has 4 aromatic rings. The van der Waals surface area contributed by atoms with Gasteiger partial charge in [0, 0.05) is 16.6 Å². The first-order valence-corrected chi connectivity index (χ1v) is 8.60. The van der Waals surface area contributed by atoms with Crippen molar-refractivity contribution in [3.05, 3.63) is 47.7 Å². The van der Waals surface area contributed by atoms with Crippen molar-refractivity contribution in [3.8, 4) is 21.4 Å². The number of nitrogens with zero attached hydrogens (tertiary/aromatic N) is 3. The maximum Gasteiger partial charge on any atom is 0.203 e. The van der Waals surface area contributed by atoms with Gasteiger partial charge < -0.3 is 10.5 Å². The van der Waals surface area contributed by atoms with E-state index in [-0.39, 0.29) is 0 Å². The molecular weight excluding hydrogens is 352 g/mol. The minimum atomic E-state index is 0.452. The molecule has 0 aliphatic heterocycles. The minimum Gasteiger partial charge on any atom is -0.455 e. The van der Waals surface area contributed by atoms with E-state index < -0.39 is 0 Å². The second-order valence-electron chi connectivity index (χ2n) is 4.66. The van der Waals surface area contributed by atoms with Crippen LogP contribution < -0.4 is 10.5 Å². The zero-order chi connectivity index (χ0) is 15.8. The second-order valence-corrected chi connectivity index (χ2v) is 7.19. The Morgan fingerprint density at radius 1 is 1.04 bits per heavy atom. The molecule has 1 aromatic carbocycles. The highest BCUT2D eigenvalue weighted by Gasteiger charge is 2.13. The maximum atomic E-state index is 5.93. The quantitative estimate of drug-likeness (QED) is 0.565. The number of nitrogens with two attached hydrogens (primary N) is 1.